The molecule has 1 aliphatic rings. The quantitative estimate of drug-likeness (QED) is 0.666. The number of aryl methyl sites for hydroxylation is 1. The molecule has 0 radical (unpaired) electrons. The average Bonchev–Trinajstić information content (AvgIpc) is 3.29. The van der Waals surface area contributed by atoms with E-state index < -0.39 is 17.7 Å². The Balaban J connectivity index is 1.90. The van der Waals surface area contributed by atoms with E-state index in [-0.39, 0.29) is 11.5 Å². The number of halogens is 2. The number of nitrogens with two attached hydrogens (primary N) is 1. The molecule has 4 heteroatoms. The van der Waals surface area contributed by atoms with Gasteiger partial charge in [-0.15, -0.1) is 0 Å². The zero-order valence-corrected chi connectivity index (χ0v) is 11.8. The number of hydrogen-bond acceptors (Lipinski definition) is 2. The summed E-state index contributed by atoms with van der Waals surface area (Å²) in [6, 6.07) is 12.2. The molecule has 21 heavy (non-hydrogen) atoms. The van der Waals surface area contributed by atoms with E-state index in [4.69, 9.17) is 5.84 Å². The van der Waals surface area contributed by atoms with Gasteiger partial charge in [-0.05, 0) is 42.4 Å². The van der Waals surface area contributed by atoms with E-state index in [2.05, 4.69) is 5.43 Å². The molecule has 0 aromatic heterocycles. The highest BCUT2D eigenvalue weighted by Crippen LogP contribution is 2.54. The minimum atomic E-state index is -0.542. The molecule has 1 aliphatic carbocycles. The minimum Gasteiger partial charge on any atom is -0.271 e. The maximum atomic E-state index is 14.3. The van der Waals surface area contributed by atoms with Crippen LogP contribution in [0, 0.1) is 24.5 Å². The van der Waals surface area contributed by atoms with Crippen LogP contribution in [0.1, 0.15) is 35.1 Å². The van der Waals surface area contributed by atoms with E-state index in [0.29, 0.717) is 11.5 Å². The van der Waals surface area contributed by atoms with Crippen LogP contribution >= 0.6 is 0 Å². The molecule has 1 fully saturated rings. The van der Waals surface area contributed by atoms with Gasteiger partial charge in [0.05, 0.1) is 6.04 Å². The summed E-state index contributed by atoms with van der Waals surface area (Å²) in [6.07, 6.45) is 0.881. The number of hydrazine groups is 1. The normalized spacial score (nSPS) is 22.1. The summed E-state index contributed by atoms with van der Waals surface area (Å²) in [5.41, 5.74) is 4.29. The molecule has 0 bridgehead atoms. The molecule has 2 nitrogen and oxygen atoms in total. The molecule has 0 aliphatic heterocycles. The zero-order chi connectivity index (χ0) is 15.0. The van der Waals surface area contributed by atoms with Crippen molar-refractivity contribution in [1.29, 1.82) is 0 Å². The first-order chi connectivity index (χ1) is 10.1. The second-order valence-electron chi connectivity index (χ2n) is 5.65. The SMILES string of the molecule is Cc1ccc(F)c(C(NN)C2CC2c2ccccc2)c1F. The van der Waals surface area contributed by atoms with E-state index in [1.54, 1.807) is 6.92 Å². The van der Waals surface area contributed by atoms with Crippen molar-refractivity contribution in [2.24, 2.45) is 11.8 Å². The summed E-state index contributed by atoms with van der Waals surface area (Å²) in [4.78, 5) is 0. The van der Waals surface area contributed by atoms with Gasteiger partial charge in [-0.25, -0.2) is 8.78 Å². The highest BCUT2D eigenvalue weighted by Gasteiger charge is 2.45. The van der Waals surface area contributed by atoms with Crippen molar-refractivity contribution in [3.8, 4) is 0 Å². The van der Waals surface area contributed by atoms with Gasteiger partial charge in [-0.2, -0.15) is 0 Å². The van der Waals surface area contributed by atoms with Crippen LogP contribution < -0.4 is 11.3 Å². The molecule has 0 amide bonds. The molecule has 110 valence electrons. The summed E-state index contributed by atoms with van der Waals surface area (Å²) >= 11 is 0. The standard InChI is InChI=1S/C17H18F2N2/c1-10-7-8-14(18)15(16(10)19)17(21-20)13-9-12(13)11-5-3-2-4-6-11/h2-8,12-13,17,21H,9,20H2,1H3. The van der Waals surface area contributed by atoms with Gasteiger partial charge in [0.25, 0.3) is 0 Å². The van der Waals surface area contributed by atoms with Crippen LogP contribution in [0.3, 0.4) is 0 Å². The Labute approximate surface area is 122 Å². The minimum absolute atomic E-state index is 0.0564. The van der Waals surface area contributed by atoms with E-state index in [1.165, 1.54) is 17.7 Å². The summed E-state index contributed by atoms with van der Waals surface area (Å²) in [7, 11) is 0. The third-order valence-corrected chi connectivity index (χ3v) is 4.31. The molecule has 2 aromatic rings. The Morgan fingerprint density at radius 3 is 2.52 bits per heavy atom. The van der Waals surface area contributed by atoms with Gasteiger partial charge in [0, 0.05) is 5.56 Å². The lowest BCUT2D eigenvalue weighted by Crippen LogP contribution is -2.31. The largest absolute Gasteiger partial charge is 0.271 e. The van der Waals surface area contributed by atoms with Crippen LogP contribution in [0.4, 0.5) is 8.78 Å². The van der Waals surface area contributed by atoms with Gasteiger partial charge in [0.15, 0.2) is 0 Å². The predicted octanol–water partition coefficient (Wildman–Crippen LogP) is 3.58. The molecule has 2 aromatic carbocycles. The maximum absolute atomic E-state index is 14.3. The van der Waals surface area contributed by atoms with Crippen molar-refractivity contribution >= 4 is 0 Å². The first-order valence-electron chi connectivity index (χ1n) is 7.09. The molecule has 0 saturated heterocycles. The Bertz CT molecular complexity index is 643. The van der Waals surface area contributed by atoms with Crippen molar-refractivity contribution in [1.82, 2.24) is 5.43 Å². The Morgan fingerprint density at radius 2 is 1.86 bits per heavy atom. The van der Waals surface area contributed by atoms with Crippen molar-refractivity contribution in [3.63, 3.8) is 0 Å². The molecule has 0 heterocycles. The predicted molar refractivity (Wildman–Crippen MR) is 78.4 cm³/mol. The van der Waals surface area contributed by atoms with Crippen molar-refractivity contribution < 1.29 is 8.78 Å². The Hall–Kier alpha value is -1.78. The van der Waals surface area contributed by atoms with E-state index >= 15 is 0 Å². The van der Waals surface area contributed by atoms with Crippen LogP contribution in [0.5, 0.6) is 0 Å². The van der Waals surface area contributed by atoms with Crippen molar-refractivity contribution in [3.05, 3.63) is 70.8 Å². The molecule has 3 rings (SSSR count). The zero-order valence-electron chi connectivity index (χ0n) is 11.8. The number of rotatable bonds is 4. The highest BCUT2D eigenvalue weighted by molar-refractivity contribution is 5.34. The van der Waals surface area contributed by atoms with Gasteiger partial charge in [-0.3, -0.25) is 11.3 Å². The van der Waals surface area contributed by atoms with E-state index in [0.717, 1.165) is 6.42 Å². The van der Waals surface area contributed by atoms with Gasteiger partial charge in [-0.1, -0.05) is 36.4 Å². The van der Waals surface area contributed by atoms with Gasteiger partial charge >= 0.3 is 0 Å². The third kappa shape index (κ3) is 2.57. The van der Waals surface area contributed by atoms with Crippen molar-refractivity contribution in [2.45, 2.75) is 25.3 Å². The molecule has 0 spiro atoms. The lowest BCUT2D eigenvalue weighted by Gasteiger charge is -2.19. The van der Waals surface area contributed by atoms with Gasteiger partial charge in [0.2, 0.25) is 0 Å². The lowest BCUT2D eigenvalue weighted by atomic mass is 9.96. The van der Waals surface area contributed by atoms with Gasteiger partial charge < -0.3 is 0 Å². The van der Waals surface area contributed by atoms with Crippen LogP contribution in [0.25, 0.3) is 0 Å². The first kappa shape index (κ1) is 14.2. The number of benzene rings is 2. The average molecular weight is 288 g/mol. The number of nitrogens with one attached hydrogen (secondary N) is 1. The monoisotopic (exact) mass is 288 g/mol. The summed E-state index contributed by atoms with van der Waals surface area (Å²) in [6.45, 7) is 1.63. The Morgan fingerprint density at radius 1 is 1.14 bits per heavy atom. The Kier molecular flexibility index (Phi) is 3.74. The smallest absolute Gasteiger partial charge is 0.133 e. The maximum Gasteiger partial charge on any atom is 0.133 e. The second-order valence-corrected chi connectivity index (χ2v) is 5.65. The first-order valence-corrected chi connectivity index (χ1v) is 7.09. The van der Waals surface area contributed by atoms with Crippen molar-refractivity contribution in [2.75, 3.05) is 0 Å². The topological polar surface area (TPSA) is 38.0 Å². The molecule has 1 saturated carbocycles. The van der Waals surface area contributed by atoms with Crippen LogP contribution in [0.15, 0.2) is 42.5 Å². The third-order valence-electron chi connectivity index (χ3n) is 4.31. The van der Waals surface area contributed by atoms with Crippen LogP contribution in [0.2, 0.25) is 0 Å². The van der Waals surface area contributed by atoms with E-state index in [9.17, 15) is 8.78 Å². The highest BCUT2D eigenvalue weighted by atomic mass is 19.1. The van der Waals surface area contributed by atoms with Gasteiger partial charge in [0.1, 0.15) is 11.6 Å². The molecule has 3 N–H and O–H groups in total. The summed E-state index contributed by atoms with van der Waals surface area (Å²) < 4.78 is 28.3. The van der Waals surface area contributed by atoms with Crippen LogP contribution in [-0.4, -0.2) is 0 Å². The van der Waals surface area contributed by atoms with E-state index in [1.807, 2.05) is 30.3 Å². The van der Waals surface area contributed by atoms with Crippen LogP contribution in [-0.2, 0) is 0 Å². The summed E-state index contributed by atoms with van der Waals surface area (Å²) in [5, 5.41) is 0. The molecule has 3 unspecified atom stereocenters. The fraction of sp³-hybridized carbons (Fsp3) is 0.294. The molecular weight excluding hydrogens is 270 g/mol. The fourth-order valence-electron chi connectivity index (χ4n) is 3.05. The molecule has 3 atom stereocenters. The summed E-state index contributed by atoms with van der Waals surface area (Å²) in [5.74, 6) is 4.96. The fourth-order valence-corrected chi connectivity index (χ4v) is 3.05. The lowest BCUT2D eigenvalue weighted by molar-refractivity contribution is 0.432. The number of hydrogen-bond donors (Lipinski definition) is 2. The second kappa shape index (κ2) is 5.54. The molecular formula is C17H18F2N2.